The molecule has 0 N–H and O–H groups in total. The molecule has 1 heterocycles. The van der Waals surface area contributed by atoms with Crippen molar-refractivity contribution in [1.29, 1.82) is 0 Å². The molecule has 1 atom stereocenters. The third kappa shape index (κ3) is 4.28. The lowest BCUT2D eigenvalue weighted by atomic mass is 10.4. The first-order chi connectivity index (χ1) is 6.91. The second-order valence-corrected chi connectivity index (χ2v) is 6.54. The molecule has 1 aliphatic rings. The Morgan fingerprint density at radius 2 is 1.93 bits per heavy atom. The Kier molecular flexibility index (Phi) is 4.85. The molecule has 2 nitrogen and oxygen atoms in total. The highest BCUT2D eigenvalue weighted by atomic mass is 32.2. The molecule has 1 aliphatic heterocycles. The van der Waals surface area contributed by atoms with Gasteiger partial charge in [0.05, 0.1) is 4.58 Å². The number of halogens is 3. The number of alkyl halides is 3. The molecule has 0 aliphatic carbocycles. The van der Waals surface area contributed by atoms with E-state index in [9.17, 15) is 22.8 Å². The van der Waals surface area contributed by atoms with Crippen LogP contribution in [0.25, 0.3) is 0 Å². The molecule has 0 aromatic carbocycles. The Hall–Kier alpha value is 0.180. The van der Waals surface area contributed by atoms with Gasteiger partial charge in [-0.05, 0) is 0 Å². The van der Waals surface area contributed by atoms with Gasteiger partial charge in [-0.1, -0.05) is 11.8 Å². The molecule has 0 radical (unpaired) electrons. The van der Waals surface area contributed by atoms with E-state index in [1.807, 2.05) is 0 Å². The van der Waals surface area contributed by atoms with Gasteiger partial charge in [0.1, 0.15) is 0 Å². The zero-order valence-electron chi connectivity index (χ0n) is 7.37. The first-order valence-electron chi connectivity index (χ1n) is 3.92. The van der Waals surface area contributed by atoms with Gasteiger partial charge in [0.25, 0.3) is 5.12 Å². The molecule has 1 fully saturated rings. The standard InChI is InChI=1S/C7H7F3O2S3/c8-7(9,10)5(11)6(12)15-4-3-13-1-2-14-4/h4H,1-3H2. The van der Waals surface area contributed by atoms with Crippen molar-refractivity contribution in [3.05, 3.63) is 0 Å². The highest BCUT2D eigenvalue weighted by Gasteiger charge is 2.44. The summed E-state index contributed by atoms with van der Waals surface area (Å²) in [5, 5.41) is -1.40. The highest BCUT2D eigenvalue weighted by Crippen LogP contribution is 2.33. The summed E-state index contributed by atoms with van der Waals surface area (Å²) in [7, 11) is 0. The van der Waals surface area contributed by atoms with Gasteiger partial charge in [-0.3, -0.25) is 9.59 Å². The molecule has 86 valence electrons. The van der Waals surface area contributed by atoms with Gasteiger partial charge in [0.2, 0.25) is 0 Å². The molecule has 15 heavy (non-hydrogen) atoms. The number of Topliss-reactive ketones (excluding diaryl/α,β-unsaturated/α-hetero) is 1. The average molecular weight is 276 g/mol. The van der Waals surface area contributed by atoms with E-state index in [0.717, 1.165) is 11.5 Å². The minimum absolute atomic E-state index is 0.234. The van der Waals surface area contributed by atoms with Crippen LogP contribution in [0.5, 0.6) is 0 Å². The number of thioether (sulfide) groups is 3. The molecule has 0 amide bonds. The zero-order chi connectivity index (χ0) is 11.5. The number of carbonyl (C=O) groups excluding carboxylic acids is 2. The third-order valence-electron chi connectivity index (χ3n) is 1.47. The van der Waals surface area contributed by atoms with Crippen LogP contribution in [0, 0.1) is 0 Å². The fourth-order valence-electron chi connectivity index (χ4n) is 0.823. The summed E-state index contributed by atoms with van der Waals surface area (Å²) in [4.78, 5) is 21.5. The van der Waals surface area contributed by atoms with Crippen molar-refractivity contribution in [3.8, 4) is 0 Å². The lowest BCUT2D eigenvalue weighted by molar-refractivity contribution is -0.172. The smallest absolute Gasteiger partial charge is 0.280 e. The molecule has 1 saturated heterocycles. The van der Waals surface area contributed by atoms with Gasteiger partial charge in [0, 0.05) is 17.3 Å². The maximum Gasteiger partial charge on any atom is 0.458 e. The van der Waals surface area contributed by atoms with Crippen LogP contribution in [0.4, 0.5) is 13.2 Å². The number of hydrogen-bond acceptors (Lipinski definition) is 5. The third-order valence-corrected chi connectivity index (χ3v) is 5.71. The lowest BCUT2D eigenvalue weighted by Gasteiger charge is -2.19. The maximum atomic E-state index is 11.9. The largest absolute Gasteiger partial charge is 0.458 e. The fourth-order valence-corrected chi connectivity index (χ4v) is 4.82. The Bertz CT molecular complexity index is 261. The van der Waals surface area contributed by atoms with E-state index in [0.29, 0.717) is 17.5 Å². The molecule has 8 heteroatoms. The minimum Gasteiger partial charge on any atom is -0.280 e. The number of ketones is 1. The minimum atomic E-state index is -5.05. The van der Waals surface area contributed by atoms with E-state index < -0.39 is 17.1 Å². The van der Waals surface area contributed by atoms with E-state index in [-0.39, 0.29) is 4.58 Å². The number of carbonyl (C=O) groups is 2. The summed E-state index contributed by atoms with van der Waals surface area (Å²) in [6, 6.07) is 0. The van der Waals surface area contributed by atoms with E-state index in [1.54, 1.807) is 11.8 Å². The van der Waals surface area contributed by atoms with Gasteiger partial charge in [-0.25, -0.2) is 0 Å². The first-order valence-corrected chi connectivity index (χ1v) is 7.01. The number of hydrogen-bond donors (Lipinski definition) is 0. The quantitative estimate of drug-likeness (QED) is 0.722. The van der Waals surface area contributed by atoms with Crippen LogP contribution in [0.2, 0.25) is 0 Å². The molecule has 0 saturated carbocycles. The second kappa shape index (κ2) is 5.49. The van der Waals surface area contributed by atoms with Crippen molar-refractivity contribution in [1.82, 2.24) is 0 Å². The Morgan fingerprint density at radius 1 is 1.27 bits per heavy atom. The summed E-state index contributed by atoms with van der Waals surface area (Å²) in [5.41, 5.74) is 0. The van der Waals surface area contributed by atoms with Crippen molar-refractivity contribution in [2.24, 2.45) is 0 Å². The van der Waals surface area contributed by atoms with Crippen LogP contribution >= 0.6 is 35.3 Å². The van der Waals surface area contributed by atoms with Gasteiger partial charge in [-0.2, -0.15) is 24.9 Å². The van der Waals surface area contributed by atoms with Crippen LogP contribution in [-0.2, 0) is 9.59 Å². The van der Waals surface area contributed by atoms with Gasteiger partial charge in [0.15, 0.2) is 0 Å². The summed E-state index contributed by atoms with van der Waals surface area (Å²) in [6.45, 7) is 0. The molecule has 0 bridgehead atoms. The van der Waals surface area contributed by atoms with Crippen molar-refractivity contribution in [2.45, 2.75) is 10.8 Å². The fraction of sp³-hybridized carbons (Fsp3) is 0.714. The van der Waals surface area contributed by atoms with E-state index in [1.165, 1.54) is 11.8 Å². The van der Waals surface area contributed by atoms with Gasteiger partial charge < -0.3 is 0 Å². The Morgan fingerprint density at radius 3 is 2.40 bits per heavy atom. The first kappa shape index (κ1) is 13.2. The summed E-state index contributed by atoms with van der Waals surface area (Å²) >= 11 is 3.49. The topological polar surface area (TPSA) is 34.1 Å². The van der Waals surface area contributed by atoms with Crippen LogP contribution in [0.1, 0.15) is 0 Å². The normalized spacial score (nSPS) is 22.5. The molecule has 1 rings (SSSR count). The van der Waals surface area contributed by atoms with Crippen LogP contribution in [0.15, 0.2) is 0 Å². The molecule has 0 aromatic heterocycles. The molecule has 1 unspecified atom stereocenters. The number of rotatable bonds is 2. The van der Waals surface area contributed by atoms with Crippen molar-refractivity contribution >= 4 is 46.2 Å². The SMILES string of the molecule is O=C(SC1CSCCS1)C(=O)C(F)(F)F. The van der Waals surface area contributed by atoms with Crippen LogP contribution in [-0.4, -0.2) is 38.9 Å². The second-order valence-electron chi connectivity index (χ2n) is 2.61. The van der Waals surface area contributed by atoms with Crippen molar-refractivity contribution in [3.63, 3.8) is 0 Å². The lowest BCUT2D eigenvalue weighted by Crippen LogP contribution is -2.30. The predicted octanol–water partition coefficient (Wildman–Crippen LogP) is 2.18. The molecule has 0 spiro atoms. The van der Waals surface area contributed by atoms with Gasteiger partial charge >= 0.3 is 12.0 Å². The molecular weight excluding hydrogens is 269 g/mol. The van der Waals surface area contributed by atoms with Crippen LogP contribution in [0.3, 0.4) is 0 Å². The maximum absolute atomic E-state index is 11.9. The Balaban J connectivity index is 2.44. The van der Waals surface area contributed by atoms with E-state index in [4.69, 9.17) is 0 Å². The Labute approximate surface area is 97.1 Å². The molecular formula is C7H7F3O2S3. The van der Waals surface area contributed by atoms with E-state index >= 15 is 0 Å². The summed E-state index contributed by atoms with van der Waals surface area (Å²) in [6.07, 6.45) is -5.05. The van der Waals surface area contributed by atoms with Crippen molar-refractivity contribution in [2.75, 3.05) is 17.3 Å². The van der Waals surface area contributed by atoms with Gasteiger partial charge in [-0.15, -0.1) is 11.8 Å². The predicted molar refractivity (Wildman–Crippen MR) is 57.2 cm³/mol. The van der Waals surface area contributed by atoms with Crippen molar-refractivity contribution < 1.29 is 22.8 Å². The zero-order valence-corrected chi connectivity index (χ0v) is 9.82. The summed E-state index contributed by atoms with van der Waals surface area (Å²) in [5.74, 6) is 0.0780. The highest BCUT2D eigenvalue weighted by molar-refractivity contribution is 8.27. The molecule has 0 aromatic rings. The summed E-state index contributed by atoms with van der Waals surface area (Å²) < 4.78 is 35.3. The average Bonchev–Trinajstić information content (AvgIpc) is 2.16. The van der Waals surface area contributed by atoms with Crippen LogP contribution < -0.4 is 0 Å². The van der Waals surface area contributed by atoms with E-state index in [2.05, 4.69) is 0 Å². The monoisotopic (exact) mass is 276 g/mol.